The van der Waals surface area contributed by atoms with Gasteiger partial charge in [0.1, 0.15) is 6.61 Å². The number of carbonyl (C=O) groups is 1. The fourth-order valence-corrected chi connectivity index (χ4v) is 1.91. The van der Waals surface area contributed by atoms with Gasteiger partial charge in [0, 0.05) is 24.5 Å². The number of likely N-dealkylation sites (N-methyl/N-ethyl adjacent to an activating group) is 1. The van der Waals surface area contributed by atoms with E-state index in [0.717, 1.165) is 17.8 Å². The number of aliphatic hydroxyl groups excluding tert-OH is 1. The molecule has 0 heterocycles. The third kappa shape index (κ3) is 5.32. The Bertz CT molecular complexity index is 511. The van der Waals surface area contributed by atoms with E-state index in [2.05, 4.69) is 5.32 Å². The van der Waals surface area contributed by atoms with Gasteiger partial charge in [-0.1, -0.05) is 0 Å². The molecule has 0 aliphatic heterocycles. The van der Waals surface area contributed by atoms with Crippen LogP contribution in [0.4, 0.5) is 16.2 Å². The second kappa shape index (κ2) is 8.82. The fourth-order valence-electron chi connectivity index (χ4n) is 1.91. The van der Waals surface area contributed by atoms with Gasteiger partial charge in [-0.05, 0) is 37.6 Å². The summed E-state index contributed by atoms with van der Waals surface area (Å²) >= 11 is 0. The Labute approximate surface area is 124 Å². The van der Waals surface area contributed by atoms with Crippen molar-refractivity contribution in [1.29, 1.82) is 5.26 Å². The SMILES string of the molecule is CCN(CCO)c1ccc(NC(=O)OCCC#N)c(C)c1. The van der Waals surface area contributed by atoms with E-state index in [0.29, 0.717) is 12.2 Å². The Balaban J connectivity index is 2.70. The van der Waals surface area contributed by atoms with Crippen LogP contribution in [0.5, 0.6) is 0 Å². The lowest BCUT2D eigenvalue weighted by Crippen LogP contribution is -2.26. The maximum Gasteiger partial charge on any atom is 0.411 e. The molecule has 0 saturated heterocycles. The highest BCUT2D eigenvalue weighted by Crippen LogP contribution is 2.22. The number of benzene rings is 1. The molecular formula is C15H21N3O3. The van der Waals surface area contributed by atoms with E-state index in [1.54, 1.807) is 6.07 Å². The molecule has 0 saturated carbocycles. The minimum atomic E-state index is -0.566. The molecule has 0 bridgehead atoms. The summed E-state index contributed by atoms with van der Waals surface area (Å²) in [5.74, 6) is 0. The highest BCUT2D eigenvalue weighted by Gasteiger charge is 2.09. The first-order chi connectivity index (χ1) is 10.1. The van der Waals surface area contributed by atoms with E-state index in [1.165, 1.54) is 0 Å². The molecule has 114 valence electrons. The molecular weight excluding hydrogens is 270 g/mol. The number of carbonyl (C=O) groups excluding carboxylic acids is 1. The second-order valence-electron chi connectivity index (χ2n) is 4.47. The molecule has 0 fully saturated rings. The normalized spacial score (nSPS) is 9.81. The van der Waals surface area contributed by atoms with E-state index < -0.39 is 6.09 Å². The Morgan fingerprint density at radius 2 is 2.29 bits per heavy atom. The molecule has 1 amide bonds. The third-order valence-electron chi connectivity index (χ3n) is 3.01. The van der Waals surface area contributed by atoms with Crippen LogP contribution in [-0.4, -0.2) is 37.5 Å². The number of anilines is 2. The quantitative estimate of drug-likeness (QED) is 0.753. The van der Waals surface area contributed by atoms with Crippen molar-refractivity contribution in [2.75, 3.05) is 36.5 Å². The van der Waals surface area contributed by atoms with E-state index in [9.17, 15) is 4.79 Å². The van der Waals surface area contributed by atoms with Crippen molar-refractivity contribution in [2.24, 2.45) is 0 Å². The van der Waals surface area contributed by atoms with E-state index in [4.69, 9.17) is 15.1 Å². The molecule has 0 unspecified atom stereocenters. The van der Waals surface area contributed by atoms with E-state index in [-0.39, 0.29) is 19.6 Å². The Kier molecular flexibility index (Phi) is 7.05. The summed E-state index contributed by atoms with van der Waals surface area (Å²) in [6.07, 6.45) is -0.387. The van der Waals surface area contributed by atoms with Crippen molar-refractivity contribution in [3.05, 3.63) is 23.8 Å². The van der Waals surface area contributed by atoms with Gasteiger partial charge >= 0.3 is 6.09 Å². The lowest BCUT2D eigenvalue weighted by molar-refractivity contribution is 0.164. The number of nitrogens with zero attached hydrogens (tertiary/aromatic N) is 2. The third-order valence-corrected chi connectivity index (χ3v) is 3.01. The largest absolute Gasteiger partial charge is 0.448 e. The molecule has 0 radical (unpaired) electrons. The summed E-state index contributed by atoms with van der Waals surface area (Å²) in [4.78, 5) is 13.6. The Morgan fingerprint density at radius 3 is 2.86 bits per heavy atom. The van der Waals surface area contributed by atoms with Crippen molar-refractivity contribution in [3.8, 4) is 6.07 Å². The highest BCUT2D eigenvalue weighted by atomic mass is 16.5. The number of nitrogens with one attached hydrogen (secondary N) is 1. The van der Waals surface area contributed by atoms with Crippen LogP contribution in [0.1, 0.15) is 18.9 Å². The van der Waals surface area contributed by atoms with Gasteiger partial charge in [-0.2, -0.15) is 5.26 Å². The van der Waals surface area contributed by atoms with Gasteiger partial charge in [-0.25, -0.2) is 4.79 Å². The van der Waals surface area contributed by atoms with Gasteiger partial charge in [-0.15, -0.1) is 0 Å². The summed E-state index contributed by atoms with van der Waals surface area (Å²) in [6.45, 7) is 5.45. The number of nitriles is 1. The number of hydrogen-bond acceptors (Lipinski definition) is 5. The molecule has 0 aromatic heterocycles. The molecule has 6 heteroatoms. The summed E-state index contributed by atoms with van der Waals surface area (Å²) < 4.78 is 4.86. The van der Waals surface area contributed by atoms with Crippen LogP contribution in [0.15, 0.2) is 18.2 Å². The minimum absolute atomic E-state index is 0.0829. The maximum atomic E-state index is 11.5. The average molecular weight is 291 g/mol. The molecule has 1 aromatic rings. The van der Waals surface area contributed by atoms with Crippen LogP contribution in [0.25, 0.3) is 0 Å². The van der Waals surface area contributed by atoms with Gasteiger partial charge in [0.15, 0.2) is 0 Å². The molecule has 0 atom stereocenters. The van der Waals surface area contributed by atoms with Gasteiger partial charge in [0.2, 0.25) is 0 Å². The number of rotatable bonds is 7. The van der Waals surface area contributed by atoms with Crippen LogP contribution in [0.2, 0.25) is 0 Å². The highest BCUT2D eigenvalue weighted by molar-refractivity contribution is 5.86. The number of aryl methyl sites for hydroxylation is 1. The summed E-state index contributed by atoms with van der Waals surface area (Å²) in [6, 6.07) is 7.54. The van der Waals surface area contributed by atoms with Crippen LogP contribution in [0, 0.1) is 18.3 Å². The van der Waals surface area contributed by atoms with E-state index >= 15 is 0 Å². The van der Waals surface area contributed by atoms with Crippen molar-refractivity contribution >= 4 is 17.5 Å². The number of ether oxygens (including phenoxy) is 1. The number of hydrogen-bond donors (Lipinski definition) is 2. The zero-order chi connectivity index (χ0) is 15.7. The van der Waals surface area contributed by atoms with E-state index in [1.807, 2.05) is 36.9 Å². The second-order valence-corrected chi connectivity index (χ2v) is 4.47. The van der Waals surface area contributed by atoms with Crippen LogP contribution in [-0.2, 0) is 4.74 Å². The molecule has 2 N–H and O–H groups in total. The molecule has 0 spiro atoms. The van der Waals surface area contributed by atoms with Crippen LogP contribution < -0.4 is 10.2 Å². The van der Waals surface area contributed by atoms with Crippen LogP contribution >= 0.6 is 0 Å². The zero-order valence-electron chi connectivity index (χ0n) is 12.4. The maximum absolute atomic E-state index is 11.5. The van der Waals surface area contributed by atoms with Crippen molar-refractivity contribution in [3.63, 3.8) is 0 Å². The van der Waals surface area contributed by atoms with Gasteiger partial charge in [0.05, 0.1) is 19.1 Å². The number of aliphatic hydroxyl groups is 1. The fraction of sp³-hybridized carbons (Fsp3) is 0.467. The smallest absolute Gasteiger partial charge is 0.411 e. The topological polar surface area (TPSA) is 85.6 Å². The first kappa shape index (κ1) is 16.8. The number of amides is 1. The molecule has 21 heavy (non-hydrogen) atoms. The predicted octanol–water partition coefficient (Wildman–Crippen LogP) is 2.28. The van der Waals surface area contributed by atoms with Crippen LogP contribution in [0.3, 0.4) is 0 Å². The average Bonchev–Trinajstić information content (AvgIpc) is 2.47. The lowest BCUT2D eigenvalue weighted by Gasteiger charge is -2.23. The predicted molar refractivity (Wildman–Crippen MR) is 81.4 cm³/mol. The van der Waals surface area contributed by atoms with Crippen molar-refractivity contribution in [1.82, 2.24) is 0 Å². The molecule has 1 aromatic carbocycles. The van der Waals surface area contributed by atoms with Gasteiger partial charge in [-0.3, -0.25) is 5.32 Å². The summed E-state index contributed by atoms with van der Waals surface area (Å²) in [7, 11) is 0. The monoisotopic (exact) mass is 291 g/mol. The van der Waals surface area contributed by atoms with Gasteiger partial charge < -0.3 is 14.7 Å². The van der Waals surface area contributed by atoms with Crippen molar-refractivity contribution < 1.29 is 14.6 Å². The van der Waals surface area contributed by atoms with Gasteiger partial charge in [0.25, 0.3) is 0 Å². The minimum Gasteiger partial charge on any atom is -0.448 e. The first-order valence-electron chi connectivity index (χ1n) is 6.89. The summed E-state index contributed by atoms with van der Waals surface area (Å²) in [5.41, 5.74) is 2.56. The lowest BCUT2D eigenvalue weighted by atomic mass is 10.1. The Hall–Kier alpha value is -2.26. The molecule has 0 aliphatic rings. The Morgan fingerprint density at radius 1 is 1.52 bits per heavy atom. The standard InChI is InChI=1S/C15H21N3O3/c1-3-18(8-9-19)13-5-6-14(12(2)11-13)17-15(20)21-10-4-7-16/h5-6,11,19H,3-4,8-10H2,1-2H3,(H,17,20). The first-order valence-corrected chi connectivity index (χ1v) is 6.89. The van der Waals surface area contributed by atoms with Crippen molar-refractivity contribution in [2.45, 2.75) is 20.3 Å². The molecule has 6 nitrogen and oxygen atoms in total. The molecule has 1 rings (SSSR count). The molecule has 0 aliphatic carbocycles. The summed E-state index contributed by atoms with van der Waals surface area (Å²) in [5, 5.41) is 20.1. The zero-order valence-corrected chi connectivity index (χ0v) is 12.4.